The molecule has 3 N–H and O–H groups in total. The van der Waals surface area contributed by atoms with E-state index in [0.717, 1.165) is 47.9 Å². The van der Waals surface area contributed by atoms with E-state index in [0.29, 0.717) is 6.54 Å². The van der Waals surface area contributed by atoms with Crippen LogP contribution in [0.1, 0.15) is 68.9 Å². The lowest BCUT2D eigenvalue weighted by atomic mass is 9.75. The molecule has 1 saturated carbocycles. The number of hydrogen-bond acceptors (Lipinski definition) is 4. The van der Waals surface area contributed by atoms with E-state index in [1.165, 1.54) is 6.42 Å². The lowest BCUT2D eigenvalue weighted by Crippen LogP contribution is -2.49. The van der Waals surface area contributed by atoms with Gasteiger partial charge in [0.15, 0.2) is 0 Å². The lowest BCUT2D eigenvalue weighted by molar-refractivity contribution is -0.137. The minimum atomic E-state index is -1.02. The predicted octanol–water partition coefficient (Wildman–Crippen LogP) is 4.85. The fourth-order valence-electron chi connectivity index (χ4n) is 5.32. The number of rotatable bonds is 9. The van der Waals surface area contributed by atoms with E-state index in [4.69, 9.17) is 9.84 Å². The van der Waals surface area contributed by atoms with Gasteiger partial charge in [-0.05, 0) is 46.9 Å². The van der Waals surface area contributed by atoms with Crippen molar-refractivity contribution in [2.24, 2.45) is 5.41 Å². The van der Waals surface area contributed by atoms with Gasteiger partial charge in [0, 0.05) is 18.9 Å². The third-order valence-electron chi connectivity index (χ3n) is 7.35. The number of ether oxygens (including phenoxy) is 1. The molecule has 7 nitrogen and oxygen atoms in total. The molecule has 1 unspecified atom stereocenters. The molecule has 4 rings (SSSR count). The van der Waals surface area contributed by atoms with E-state index >= 15 is 0 Å². The zero-order valence-electron chi connectivity index (χ0n) is 20.2. The summed E-state index contributed by atoms with van der Waals surface area (Å²) in [4.78, 5) is 36.7. The van der Waals surface area contributed by atoms with Crippen molar-refractivity contribution in [3.63, 3.8) is 0 Å². The maximum Gasteiger partial charge on any atom is 0.407 e. The number of nitrogens with one attached hydrogen (secondary N) is 2. The number of fused-ring (bicyclic) bond motifs is 3. The van der Waals surface area contributed by atoms with Crippen LogP contribution < -0.4 is 10.6 Å². The highest BCUT2D eigenvalue weighted by atomic mass is 16.5. The number of carboxylic acids is 1. The highest BCUT2D eigenvalue weighted by Gasteiger charge is 2.31. The Morgan fingerprint density at radius 2 is 1.60 bits per heavy atom. The molecule has 0 bridgehead atoms. The van der Waals surface area contributed by atoms with Crippen LogP contribution in [0, 0.1) is 5.41 Å². The smallest absolute Gasteiger partial charge is 0.407 e. The van der Waals surface area contributed by atoms with Gasteiger partial charge in [-0.1, -0.05) is 74.7 Å². The fraction of sp³-hybridized carbons (Fsp3) is 0.464. The summed E-state index contributed by atoms with van der Waals surface area (Å²) < 4.78 is 5.56. The van der Waals surface area contributed by atoms with E-state index < -0.39 is 18.1 Å². The molecule has 0 aromatic heterocycles. The van der Waals surface area contributed by atoms with Crippen LogP contribution in [0.2, 0.25) is 0 Å². The second kappa shape index (κ2) is 10.9. The maximum atomic E-state index is 12.9. The van der Waals surface area contributed by atoms with Crippen molar-refractivity contribution >= 4 is 18.0 Å². The van der Waals surface area contributed by atoms with Gasteiger partial charge >= 0.3 is 12.1 Å². The highest BCUT2D eigenvalue weighted by molar-refractivity contribution is 5.86. The van der Waals surface area contributed by atoms with E-state index in [9.17, 15) is 14.4 Å². The van der Waals surface area contributed by atoms with Crippen molar-refractivity contribution in [3.05, 3.63) is 59.7 Å². The van der Waals surface area contributed by atoms with E-state index in [1.54, 1.807) is 0 Å². The van der Waals surface area contributed by atoms with Crippen LogP contribution in [0.15, 0.2) is 48.5 Å². The summed E-state index contributed by atoms with van der Waals surface area (Å²) in [5.41, 5.74) is 4.50. The Labute approximate surface area is 206 Å². The van der Waals surface area contributed by atoms with Crippen LogP contribution in [0.5, 0.6) is 0 Å². The fourth-order valence-corrected chi connectivity index (χ4v) is 5.32. The van der Waals surface area contributed by atoms with Gasteiger partial charge in [-0.3, -0.25) is 9.59 Å². The van der Waals surface area contributed by atoms with Crippen LogP contribution in [-0.4, -0.2) is 42.3 Å². The molecule has 0 heterocycles. The number of aliphatic carboxylic acids is 1. The first-order valence-corrected chi connectivity index (χ1v) is 12.5. The van der Waals surface area contributed by atoms with Gasteiger partial charge in [-0.2, -0.15) is 0 Å². The summed E-state index contributed by atoms with van der Waals surface area (Å²) in [6.45, 7) is 2.81. The lowest BCUT2D eigenvalue weighted by Gasteiger charge is -2.34. The first-order valence-electron chi connectivity index (χ1n) is 12.5. The van der Waals surface area contributed by atoms with Crippen LogP contribution in [0.25, 0.3) is 11.1 Å². The Morgan fingerprint density at radius 3 is 2.20 bits per heavy atom. The average Bonchev–Trinajstić information content (AvgIpc) is 3.18. The van der Waals surface area contributed by atoms with Crippen molar-refractivity contribution in [2.75, 3.05) is 13.2 Å². The van der Waals surface area contributed by atoms with E-state index in [-0.39, 0.29) is 36.7 Å². The molecule has 1 atom stereocenters. The van der Waals surface area contributed by atoms with Crippen molar-refractivity contribution in [1.82, 2.24) is 10.6 Å². The van der Waals surface area contributed by atoms with Crippen molar-refractivity contribution < 1.29 is 24.2 Å². The quantitative estimate of drug-likeness (QED) is 0.478. The van der Waals surface area contributed by atoms with Crippen molar-refractivity contribution in [3.8, 4) is 11.1 Å². The SMILES string of the molecule is CC1(CNC(=O)C(CCC(=O)O)NC(=O)OCC2c3ccccc3-c3ccccc32)CCCCC1. The molecule has 0 radical (unpaired) electrons. The molecule has 7 heteroatoms. The topological polar surface area (TPSA) is 105 Å². The summed E-state index contributed by atoms with van der Waals surface area (Å²) >= 11 is 0. The standard InChI is InChI=1S/C28H34N2O5/c1-28(15-7-2-8-16-28)18-29-26(33)24(13-14-25(31)32)30-27(34)35-17-23-21-11-5-3-9-19(21)20-10-4-6-12-22(20)23/h3-6,9-12,23-24H,2,7-8,13-18H2,1H3,(H,29,33)(H,30,34)(H,31,32). The minimum absolute atomic E-state index is 0.00206. The summed E-state index contributed by atoms with van der Waals surface area (Å²) in [7, 11) is 0. The van der Waals surface area contributed by atoms with Gasteiger partial charge in [0.2, 0.25) is 5.91 Å². The number of hydrogen-bond donors (Lipinski definition) is 3. The van der Waals surface area contributed by atoms with Gasteiger partial charge in [0.25, 0.3) is 0 Å². The zero-order chi connectivity index (χ0) is 24.8. The number of amides is 2. The molecule has 0 spiro atoms. The third-order valence-corrected chi connectivity index (χ3v) is 7.35. The molecule has 0 saturated heterocycles. The molecular formula is C28H34N2O5. The first kappa shape index (κ1) is 24.8. The second-order valence-corrected chi connectivity index (χ2v) is 10.0. The van der Waals surface area contributed by atoms with Crippen LogP contribution >= 0.6 is 0 Å². The van der Waals surface area contributed by atoms with E-state index in [1.807, 2.05) is 36.4 Å². The number of alkyl carbamates (subject to hydrolysis) is 1. The Morgan fingerprint density at radius 1 is 1.00 bits per heavy atom. The summed E-state index contributed by atoms with van der Waals surface area (Å²) in [5, 5.41) is 14.7. The van der Waals surface area contributed by atoms with Gasteiger partial charge < -0.3 is 20.5 Å². The molecule has 186 valence electrons. The second-order valence-electron chi connectivity index (χ2n) is 10.0. The Hall–Kier alpha value is -3.35. The van der Waals surface area contributed by atoms with Crippen LogP contribution in [0.3, 0.4) is 0 Å². The third kappa shape index (κ3) is 6.02. The summed E-state index contributed by atoms with van der Waals surface area (Å²) in [6.07, 6.45) is 4.66. The van der Waals surface area contributed by atoms with Crippen LogP contribution in [-0.2, 0) is 14.3 Å². The van der Waals surface area contributed by atoms with Gasteiger partial charge in [-0.25, -0.2) is 4.79 Å². The number of benzene rings is 2. The first-order chi connectivity index (χ1) is 16.9. The molecule has 1 fully saturated rings. The molecule has 2 amide bonds. The molecule has 2 aliphatic carbocycles. The number of carbonyl (C=O) groups is 3. The molecule has 0 aliphatic heterocycles. The molecule has 2 aromatic rings. The Kier molecular flexibility index (Phi) is 7.73. The number of carbonyl (C=O) groups excluding carboxylic acids is 2. The number of carboxylic acid groups (broad SMARTS) is 1. The normalized spacial score (nSPS) is 17.1. The summed E-state index contributed by atoms with van der Waals surface area (Å²) in [6, 6.07) is 15.2. The van der Waals surface area contributed by atoms with Gasteiger partial charge in [0.05, 0.1) is 0 Å². The predicted molar refractivity (Wildman–Crippen MR) is 133 cm³/mol. The van der Waals surface area contributed by atoms with Gasteiger partial charge in [-0.15, -0.1) is 0 Å². The van der Waals surface area contributed by atoms with Gasteiger partial charge in [0.1, 0.15) is 12.6 Å². The average molecular weight is 479 g/mol. The molecule has 2 aliphatic rings. The van der Waals surface area contributed by atoms with Crippen LogP contribution in [0.4, 0.5) is 4.79 Å². The van der Waals surface area contributed by atoms with Crippen molar-refractivity contribution in [1.29, 1.82) is 0 Å². The maximum absolute atomic E-state index is 12.9. The zero-order valence-corrected chi connectivity index (χ0v) is 20.2. The highest BCUT2D eigenvalue weighted by Crippen LogP contribution is 2.44. The Balaban J connectivity index is 1.37. The van der Waals surface area contributed by atoms with E-state index in [2.05, 4.69) is 29.7 Å². The molecule has 35 heavy (non-hydrogen) atoms. The largest absolute Gasteiger partial charge is 0.481 e. The molecular weight excluding hydrogens is 444 g/mol. The van der Waals surface area contributed by atoms with Crippen molar-refractivity contribution in [2.45, 2.75) is 63.8 Å². The minimum Gasteiger partial charge on any atom is -0.481 e. The monoisotopic (exact) mass is 478 g/mol. The Bertz CT molecular complexity index is 1030. The molecule has 2 aromatic carbocycles. The summed E-state index contributed by atoms with van der Waals surface area (Å²) in [5.74, 6) is -1.48.